The Morgan fingerprint density at radius 2 is 1.85 bits per heavy atom. The van der Waals surface area contributed by atoms with Crippen LogP contribution in [0, 0.1) is 0 Å². The smallest absolute Gasteiger partial charge is 0.322 e. The topological polar surface area (TPSA) is 72.8 Å². The van der Waals surface area contributed by atoms with Gasteiger partial charge in [0.1, 0.15) is 11.5 Å². The van der Waals surface area contributed by atoms with Crippen molar-refractivity contribution < 1.29 is 15.0 Å². The predicted molar refractivity (Wildman–Crippen MR) is 106 cm³/mol. The molecule has 4 rings (SSSR count). The number of carbonyl (C=O) groups is 1. The molecule has 0 spiro atoms. The van der Waals surface area contributed by atoms with Crippen LogP contribution in [-0.4, -0.2) is 27.7 Å². The number of carbonyl (C=O) groups excluding carboxylic acids is 1. The maximum atomic E-state index is 13.0. The second kappa shape index (κ2) is 7.00. The summed E-state index contributed by atoms with van der Waals surface area (Å²) in [6.07, 6.45) is 1.54. The summed E-state index contributed by atoms with van der Waals surface area (Å²) in [5, 5.41) is 25.1. The molecule has 1 saturated heterocycles. The standard InChI is InChI=1S/C21H19ClN2O3/c22-16-11-15(19(25)12-20(16)26)18-9-4-10-24(18)21(27)23-17-8-3-6-13-5-1-2-7-14(13)17/h1-3,5-8,11-12,18,25-26H,4,9-10H2,(H,23,27). The number of hydrogen-bond donors (Lipinski definition) is 3. The number of urea groups is 1. The number of anilines is 1. The van der Waals surface area contributed by atoms with Gasteiger partial charge in [0.2, 0.25) is 0 Å². The third-order valence-corrected chi connectivity index (χ3v) is 5.30. The van der Waals surface area contributed by atoms with E-state index in [1.54, 1.807) is 4.90 Å². The zero-order valence-electron chi connectivity index (χ0n) is 14.5. The fraction of sp³-hybridized carbons (Fsp3) is 0.190. The van der Waals surface area contributed by atoms with E-state index in [1.807, 2.05) is 42.5 Å². The second-order valence-corrected chi connectivity index (χ2v) is 7.08. The molecule has 3 aromatic rings. The highest BCUT2D eigenvalue weighted by atomic mass is 35.5. The van der Waals surface area contributed by atoms with E-state index < -0.39 is 0 Å². The van der Waals surface area contributed by atoms with Crippen molar-refractivity contribution in [2.75, 3.05) is 11.9 Å². The summed E-state index contributed by atoms with van der Waals surface area (Å²) in [7, 11) is 0. The first kappa shape index (κ1) is 17.5. The van der Waals surface area contributed by atoms with Crippen molar-refractivity contribution in [1.29, 1.82) is 0 Å². The molecule has 5 nitrogen and oxygen atoms in total. The van der Waals surface area contributed by atoms with Gasteiger partial charge in [-0.05, 0) is 30.4 Å². The fourth-order valence-corrected chi connectivity index (χ4v) is 3.86. The van der Waals surface area contributed by atoms with Crippen molar-refractivity contribution in [2.45, 2.75) is 18.9 Å². The number of fused-ring (bicyclic) bond motifs is 1. The lowest BCUT2D eigenvalue weighted by atomic mass is 10.0. The quantitative estimate of drug-likeness (QED) is 0.565. The number of amides is 2. The molecule has 1 heterocycles. The normalized spacial score (nSPS) is 16.6. The number of rotatable bonds is 2. The van der Waals surface area contributed by atoms with E-state index in [0.717, 1.165) is 29.3 Å². The summed E-state index contributed by atoms with van der Waals surface area (Å²) in [6, 6.07) is 15.9. The van der Waals surface area contributed by atoms with Gasteiger partial charge in [-0.1, -0.05) is 48.0 Å². The number of phenols is 2. The minimum Gasteiger partial charge on any atom is -0.507 e. The number of nitrogens with one attached hydrogen (secondary N) is 1. The van der Waals surface area contributed by atoms with Crippen molar-refractivity contribution in [3.63, 3.8) is 0 Å². The summed E-state index contributed by atoms with van der Waals surface area (Å²) in [4.78, 5) is 14.7. The molecule has 3 N–H and O–H groups in total. The van der Waals surface area contributed by atoms with E-state index in [4.69, 9.17) is 11.6 Å². The van der Waals surface area contributed by atoms with Gasteiger partial charge in [0.15, 0.2) is 0 Å². The van der Waals surface area contributed by atoms with Crippen molar-refractivity contribution >= 4 is 34.1 Å². The van der Waals surface area contributed by atoms with Crippen LogP contribution in [0.15, 0.2) is 54.6 Å². The molecule has 1 aliphatic heterocycles. The van der Waals surface area contributed by atoms with Crippen LogP contribution in [0.5, 0.6) is 11.5 Å². The molecule has 0 saturated carbocycles. The molecule has 0 bridgehead atoms. The van der Waals surface area contributed by atoms with E-state index in [2.05, 4.69) is 5.32 Å². The largest absolute Gasteiger partial charge is 0.507 e. The molecule has 1 atom stereocenters. The highest BCUT2D eigenvalue weighted by molar-refractivity contribution is 6.32. The summed E-state index contributed by atoms with van der Waals surface area (Å²) in [6.45, 7) is 0.583. The lowest BCUT2D eigenvalue weighted by Crippen LogP contribution is -2.34. The molecule has 3 aromatic carbocycles. The van der Waals surface area contributed by atoms with E-state index in [9.17, 15) is 15.0 Å². The Balaban J connectivity index is 1.62. The predicted octanol–water partition coefficient (Wildman–Crippen LogP) is 5.27. The second-order valence-electron chi connectivity index (χ2n) is 6.67. The van der Waals surface area contributed by atoms with Crippen LogP contribution in [0.2, 0.25) is 5.02 Å². The van der Waals surface area contributed by atoms with Crippen molar-refractivity contribution in [2.24, 2.45) is 0 Å². The first-order chi connectivity index (χ1) is 13.0. The van der Waals surface area contributed by atoms with E-state index in [1.165, 1.54) is 12.1 Å². The van der Waals surface area contributed by atoms with Crippen LogP contribution in [0.25, 0.3) is 10.8 Å². The molecule has 6 heteroatoms. The monoisotopic (exact) mass is 382 g/mol. The number of hydrogen-bond acceptors (Lipinski definition) is 3. The SMILES string of the molecule is O=C(Nc1cccc2ccccc12)N1CCCC1c1cc(Cl)c(O)cc1O. The summed E-state index contributed by atoms with van der Waals surface area (Å²) in [5.74, 6) is -0.241. The molecule has 1 fully saturated rings. The van der Waals surface area contributed by atoms with Gasteiger partial charge in [0, 0.05) is 23.6 Å². The highest BCUT2D eigenvalue weighted by Crippen LogP contribution is 2.41. The maximum absolute atomic E-state index is 13.0. The van der Waals surface area contributed by atoms with Crippen molar-refractivity contribution in [3.8, 4) is 11.5 Å². The van der Waals surface area contributed by atoms with Gasteiger partial charge in [0.05, 0.1) is 16.8 Å². The Kier molecular flexibility index (Phi) is 4.54. The molecule has 0 aliphatic carbocycles. The molecular formula is C21H19ClN2O3. The van der Waals surface area contributed by atoms with Crippen molar-refractivity contribution in [3.05, 3.63) is 65.2 Å². The molecule has 0 radical (unpaired) electrons. The average molecular weight is 383 g/mol. The van der Waals surface area contributed by atoms with Crippen LogP contribution in [0.4, 0.5) is 10.5 Å². The Morgan fingerprint density at radius 3 is 2.70 bits per heavy atom. The zero-order valence-corrected chi connectivity index (χ0v) is 15.3. The number of phenolic OH excluding ortho intramolecular Hbond substituents is 2. The van der Waals surface area contributed by atoms with Crippen molar-refractivity contribution in [1.82, 2.24) is 4.90 Å². The molecule has 1 aliphatic rings. The van der Waals surface area contributed by atoms with Gasteiger partial charge in [-0.2, -0.15) is 0 Å². The molecular weight excluding hydrogens is 364 g/mol. The molecule has 138 valence electrons. The van der Waals surface area contributed by atoms with Gasteiger partial charge in [0.25, 0.3) is 0 Å². The molecule has 2 amide bonds. The van der Waals surface area contributed by atoms with Gasteiger partial charge in [-0.3, -0.25) is 0 Å². The summed E-state index contributed by atoms with van der Waals surface area (Å²) < 4.78 is 0. The van der Waals surface area contributed by atoms with Crippen LogP contribution in [-0.2, 0) is 0 Å². The number of halogens is 1. The fourth-order valence-electron chi connectivity index (χ4n) is 3.69. The van der Waals surface area contributed by atoms with Gasteiger partial charge in [-0.15, -0.1) is 0 Å². The first-order valence-corrected chi connectivity index (χ1v) is 9.19. The molecule has 0 aromatic heterocycles. The maximum Gasteiger partial charge on any atom is 0.322 e. The average Bonchev–Trinajstić information content (AvgIpc) is 3.14. The van der Waals surface area contributed by atoms with E-state index in [0.29, 0.717) is 12.1 Å². The van der Waals surface area contributed by atoms with Crippen LogP contribution in [0.3, 0.4) is 0 Å². The summed E-state index contributed by atoms with van der Waals surface area (Å²) >= 11 is 6.01. The first-order valence-electron chi connectivity index (χ1n) is 8.81. The van der Waals surface area contributed by atoms with Gasteiger partial charge >= 0.3 is 6.03 Å². The summed E-state index contributed by atoms with van der Waals surface area (Å²) in [5.41, 5.74) is 1.29. The zero-order chi connectivity index (χ0) is 19.0. The third kappa shape index (κ3) is 3.26. The minimum atomic E-state index is -0.293. The number of benzene rings is 3. The van der Waals surface area contributed by atoms with Crippen LogP contribution >= 0.6 is 11.6 Å². The number of aromatic hydroxyl groups is 2. The van der Waals surface area contributed by atoms with Gasteiger partial charge < -0.3 is 20.4 Å². The van der Waals surface area contributed by atoms with E-state index in [-0.39, 0.29) is 28.6 Å². The Hall–Kier alpha value is -2.92. The molecule has 27 heavy (non-hydrogen) atoms. The Labute approximate surface area is 161 Å². The Bertz CT molecular complexity index is 1020. The van der Waals surface area contributed by atoms with Gasteiger partial charge in [-0.25, -0.2) is 4.79 Å². The lowest BCUT2D eigenvalue weighted by molar-refractivity contribution is 0.206. The highest BCUT2D eigenvalue weighted by Gasteiger charge is 2.32. The molecule has 1 unspecified atom stereocenters. The number of likely N-dealkylation sites (tertiary alicyclic amines) is 1. The van der Waals surface area contributed by atoms with Crippen LogP contribution < -0.4 is 5.32 Å². The Morgan fingerprint density at radius 1 is 1.07 bits per heavy atom. The number of nitrogens with zero attached hydrogens (tertiary/aromatic N) is 1. The minimum absolute atomic E-state index is 0.0632. The third-order valence-electron chi connectivity index (χ3n) is 5.00. The van der Waals surface area contributed by atoms with Crippen LogP contribution in [0.1, 0.15) is 24.4 Å². The lowest BCUT2D eigenvalue weighted by Gasteiger charge is -2.26. The van der Waals surface area contributed by atoms with E-state index >= 15 is 0 Å².